The van der Waals surface area contributed by atoms with Gasteiger partial charge in [-0.25, -0.2) is 15.0 Å². The molecule has 0 saturated carbocycles. The number of fused-ring (bicyclic) bond motifs is 1. The predicted molar refractivity (Wildman–Crippen MR) is 90.4 cm³/mol. The Morgan fingerprint density at radius 2 is 2.05 bits per heavy atom. The first kappa shape index (κ1) is 14.4. The third kappa shape index (κ3) is 3.22. The highest BCUT2D eigenvalue weighted by atomic mass is 32.1. The van der Waals surface area contributed by atoms with E-state index in [0.29, 0.717) is 0 Å². The van der Waals surface area contributed by atoms with E-state index in [1.54, 1.807) is 29.0 Å². The molecule has 0 radical (unpaired) electrons. The third-order valence-corrected chi connectivity index (χ3v) is 5.27. The Bertz CT molecular complexity index is 739. The minimum absolute atomic E-state index is 0.131. The molecular formula is C15H18N4S2. The van der Waals surface area contributed by atoms with Gasteiger partial charge in [0.2, 0.25) is 0 Å². The van der Waals surface area contributed by atoms with Crippen molar-refractivity contribution in [3.8, 4) is 0 Å². The minimum atomic E-state index is 0.131. The van der Waals surface area contributed by atoms with Crippen LogP contribution in [0.3, 0.4) is 0 Å². The number of hydrogen-bond acceptors (Lipinski definition) is 6. The van der Waals surface area contributed by atoms with Crippen molar-refractivity contribution in [1.82, 2.24) is 15.0 Å². The molecule has 4 nitrogen and oxygen atoms in total. The molecule has 6 heteroatoms. The fourth-order valence-electron chi connectivity index (χ4n) is 2.01. The fourth-order valence-corrected chi connectivity index (χ4v) is 3.68. The highest BCUT2D eigenvalue weighted by Crippen LogP contribution is 2.26. The van der Waals surface area contributed by atoms with E-state index in [1.807, 2.05) is 5.38 Å². The van der Waals surface area contributed by atoms with Crippen LogP contribution >= 0.6 is 22.7 Å². The molecule has 0 aromatic carbocycles. The standard InChI is InChI=1S/C15H18N4S2/c1-15(2,3)14-19-10(8-21-14)4-6-16-12-11-5-7-20-13(11)18-9-17-12/h5,7-9H,4,6H2,1-3H3,(H,16,17,18). The second-order valence-corrected chi connectivity index (χ2v) is 7.69. The molecule has 0 unspecified atom stereocenters. The van der Waals surface area contributed by atoms with Gasteiger partial charge in [-0.15, -0.1) is 22.7 Å². The molecule has 0 fully saturated rings. The summed E-state index contributed by atoms with van der Waals surface area (Å²) < 4.78 is 0. The van der Waals surface area contributed by atoms with E-state index in [0.717, 1.165) is 34.7 Å². The molecule has 0 atom stereocenters. The van der Waals surface area contributed by atoms with Gasteiger partial charge >= 0.3 is 0 Å². The maximum absolute atomic E-state index is 4.71. The molecule has 110 valence electrons. The van der Waals surface area contributed by atoms with Crippen molar-refractivity contribution in [2.75, 3.05) is 11.9 Å². The Hall–Kier alpha value is -1.53. The molecular weight excluding hydrogens is 300 g/mol. The average Bonchev–Trinajstić information content (AvgIpc) is 3.06. The van der Waals surface area contributed by atoms with E-state index in [1.165, 1.54) is 5.01 Å². The topological polar surface area (TPSA) is 50.7 Å². The largest absolute Gasteiger partial charge is 0.369 e. The van der Waals surface area contributed by atoms with Crippen molar-refractivity contribution < 1.29 is 0 Å². The van der Waals surface area contributed by atoms with Crippen molar-refractivity contribution in [1.29, 1.82) is 0 Å². The van der Waals surface area contributed by atoms with Crippen molar-refractivity contribution in [3.63, 3.8) is 0 Å². The minimum Gasteiger partial charge on any atom is -0.369 e. The summed E-state index contributed by atoms with van der Waals surface area (Å²) in [4.78, 5) is 14.3. The summed E-state index contributed by atoms with van der Waals surface area (Å²) in [5.41, 5.74) is 1.28. The Labute approximate surface area is 132 Å². The highest BCUT2D eigenvalue weighted by molar-refractivity contribution is 7.16. The highest BCUT2D eigenvalue weighted by Gasteiger charge is 2.17. The van der Waals surface area contributed by atoms with Gasteiger partial charge in [0.1, 0.15) is 17.0 Å². The van der Waals surface area contributed by atoms with Gasteiger partial charge in [0.05, 0.1) is 16.1 Å². The van der Waals surface area contributed by atoms with Gasteiger partial charge in [0.25, 0.3) is 0 Å². The van der Waals surface area contributed by atoms with E-state index in [2.05, 4.69) is 47.5 Å². The number of anilines is 1. The summed E-state index contributed by atoms with van der Waals surface area (Å²) in [6.07, 6.45) is 2.52. The van der Waals surface area contributed by atoms with E-state index in [-0.39, 0.29) is 5.41 Å². The summed E-state index contributed by atoms with van der Waals surface area (Å²) >= 11 is 3.38. The SMILES string of the molecule is CC(C)(C)c1nc(CCNc2ncnc3sccc23)cs1. The number of thiazole rings is 1. The van der Waals surface area contributed by atoms with E-state index in [4.69, 9.17) is 4.98 Å². The van der Waals surface area contributed by atoms with Crippen LogP contribution in [0.1, 0.15) is 31.5 Å². The summed E-state index contributed by atoms with van der Waals surface area (Å²) in [7, 11) is 0. The van der Waals surface area contributed by atoms with Crippen LogP contribution in [0.15, 0.2) is 23.2 Å². The molecule has 0 aliphatic rings. The van der Waals surface area contributed by atoms with Gasteiger partial charge in [-0.3, -0.25) is 0 Å². The summed E-state index contributed by atoms with van der Waals surface area (Å²) in [6, 6.07) is 2.06. The van der Waals surface area contributed by atoms with Crippen LogP contribution in [-0.4, -0.2) is 21.5 Å². The zero-order valence-corrected chi connectivity index (χ0v) is 14.0. The Balaban J connectivity index is 1.64. The van der Waals surface area contributed by atoms with Crippen LogP contribution < -0.4 is 5.32 Å². The van der Waals surface area contributed by atoms with Crippen molar-refractivity contribution in [2.24, 2.45) is 0 Å². The van der Waals surface area contributed by atoms with Gasteiger partial charge in [0, 0.05) is 23.8 Å². The lowest BCUT2D eigenvalue weighted by Gasteiger charge is -2.13. The zero-order valence-electron chi connectivity index (χ0n) is 12.4. The quantitative estimate of drug-likeness (QED) is 0.787. The van der Waals surface area contributed by atoms with Crippen LogP contribution in [0, 0.1) is 0 Å². The first-order valence-electron chi connectivity index (χ1n) is 6.91. The zero-order chi connectivity index (χ0) is 14.9. The lowest BCUT2D eigenvalue weighted by molar-refractivity contribution is 0.583. The molecule has 3 heterocycles. The summed E-state index contributed by atoms with van der Waals surface area (Å²) in [5.74, 6) is 0.910. The molecule has 3 rings (SSSR count). The monoisotopic (exact) mass is 318 g/mol. The van der Waals surface area contributed by atoms with Crippen LogP contribution in [0.4, 0.5) is 5.82 Å². The Morgan fingerprint density at radius 3 is 2.81 bits per heavy atom. The number of thiophene rings is 1. The second kappa shape index (κ2) is 5.69. The molecule has 0 bridgehead atoms. The third-order valence-electron chi connectivity index (χ3n) is 3.13. The molecule has 0 saturated heterocycles. The van der Waals surface area contributed by atoms with Crippen molar-refractivity contribution >= 4 is 38.7 Å². The molecule has 0 amide bonds. The molecule has 0 aliphatic carbocycles. The predicted octanol–water partition coefficient (Wildman–Crippen LogP) is 4.10. The Kier molecular flexibility index (Phi) is 3.91. The fraction of sp³-hybridized carbons (Fsp3) is 0.400. The van der Waals surface area contributed by atoms with Crippen molar-refractivity contribution in [3.05, 3.63) is 33.9 Å². The number of nitrogens with one attached hydrogen (secondary N) is 1. The second-order valence-electron chi connectivity index (χ2n) is 5.93. The van der Waals surface area contributed by atoms with Crippen molar-refractivity contribution in [2.45, 2.75) is 32.6 Å². The first-order chi connectivity index (χ1) is 10.0. The maximum atomic E-state index is 4.71. The summed E-state index contributed by atoms with van der Waals surface area (Å²) in [5, 5.41) is 9.88. The number of nitrogens with zero attached hydrogens (tertiary/aromatic N) is 3. The van der Waals surface area contributed by atoms with Gasteiger partial charge in [-0.2, -0.15) is 0 Å². The lowest BCUT2D eigenvalue weighted by Crippen LogP contribution is -2.11. The van der Waals surface area contributed by atoms with Crippen LogP contribution in [0.5, 0.6) is 0 Å². The molecule has 0 spiro atoms. The average molecular weight is 318 g/mol. The molecule has 3 aromatic heterocycles. The van der Waals surface area contributed by atoms with E-state index >= 15 is 0 Å². The first-order valence-corrected chi connectivity index (χ1v) is 8.67. The Morgan fingerprint density at radius 1 is 1.19 bits per heavy atom. The van der Waals surface area contributed by atoms with Crippen LogP contribution in [0.25, 0.3) is 10.2 Å². The molecule has 0 aliphatic heterocycles. The summed E-state index contributed by atoms with van der Waals surface area (Å²) in [6.45, 7) is 7.42. The van der Waals surface area contributed by atoms with Gasteiger partial charge in [0.15, 0.2) is 0 Å². The van der Waals surface area contributed by atoms with Gasteiger partial charge in [-0.05, 0) is 11.4 Å². The maximum Gasteiger partial charge on any atom is 0.138 e. The van der Waals surface area contributed by atoms with Crippen LogP contribution in [-0.2, 0) is 11.8 Å². The number of rotatable bonds is 4. The molecule has 21 heavy (non-hydrogen) atoms. The number of aromatic nitrogens is 3. The van der Waals surface area contributed by atoms with E-state index in [9.17, 15) is 0 Å². The lowest BCUT2D eigenvalue weighted by atomic mass is 9.98. The molecule has 1 N–H and O–H groups in total. The molecule has 3 aromatic rings. The number of hydrogen-bond donors (Lipinski definition) is 1. The van der Waals surface area contributed by atoms with Crippen LogP contribution in [0.2, 0.25) is 0 Å². The normalized spacial score (nSPS) is 12.0. The smallest absolute Gasteiger partial charge is 0.138 e. The van der Waals surface area contributed by atoms with Gasteiger partial charge < -0.3 is 5.32 Å². The van der Waals surface area contributed by atoms with E-state index < -0.39 is 0 Å². The van der Waals surface area contributed by atoms with Gasteiger partial charge in [-0.1, -0.05) is 20.8 Å².